The summed E-state index contributed by atoms with van der Waals surface area (Å²) in [5, 5.41) is 10.1. The van der Waals surface area contributed by atoms with Gasteiger partial charge in [0.1, 0.15) is 6.17 Å². The summed E-state index contributed by atoms with van der Waals surface area (Å²) in [6.45, 7) is 0.924. The molecule has 1 aliphatic heterocycles. The van der Waals surface area contributed by atoms with Gasteiger partial charge in [0.25, 0.3) is 0 Å². The summed E-state index contributed by atoms with van der Waals surface area (Å²) in [4.78, 5) is 4.28. The van der Waals surface area contributed by atoms with Crippen LogP contribution < -0.4 is 10.6 Å². The van der Waals surface area contributed by atoms with Crippen LogP contribution in [0, 0.1) is 17.5 Å². The molecule has 1 saturated heterocycles. The number of benzene rings is 1. The van der Waals surface area contributed by atoms with Gasteiger partial charge in [0, 0.05) is 23.9 Å². The third kappa shape index (κ3) is 2.88. The Kier molecular flexibility index (Phi) is 4.23. The quantitative estimate of drug-likeness (QED) is 0.554. The Morgan fingerprint density at radius 2 is 1.96 bits per heavy atom. The minimum atomic E-state index is -1.54. The average Bonchev–Trinajstić information content (AvgIpc) is 3.05. The lowest BCUT2D eigenvalue weighted by Gasteiger charge is -2.26. The Bertz CT molecular complexity index is 958. The maximum absolute atomic E-state index is 14.2. The molecular weight excluding hydrogens is 350 g/mol. The summed E-state index contributed by atoms with van der Waals surface area (Å²) in [5.41, 5.74) is 0.384. The standard InChI is InChI=1S/C17H15F4N5/c18-11-4-3-9(14(20)15(11)21)10-2-1-7-26-16(10)24-17(25-26)23-13-5-6-22-8-12(13)19/h1-4,7,12-13,22H,5-6,8H2,(H,23,25). The monoisotopic (exact) mass is 365 g/mol. The number of alkyl halides is 1. The van der Waals surface area contributed by atoms with E-state index in [1.54, 1.807) is 12.3 Å². The molecule has 0 aliphatic carbocycles. The normalized spacial score (nSPS) is 20.5. The van der Waals surface area contributed by atoms with E-state index in [0.717, 1.165) is 12.1 Å². The van der Waals surface area contributed by atoms with Gasteiger partial charge in [0.05, 0.1) is 6.04 Å². The zero-order valence-corrected chi connectivity index (χ0v) is 13.5. The molecule has 2 N–H and O–H groups in total. The highest BCUT2D eigenvalue weighted by Gasteiger charge is 2.26. The SMILES string of the molecule is Fc1ccc(-c2cccn3nc(NC4CCNCC4F)nc23)c(F)c1F. The van der Waals surface area contributed by atoms with Crippen LogP contribution in [0.4, 0.5) is 23.5 Å². The maximum atomic E-state index is 14.2. The largest absolute Gasteiger partial charge is 0.347 e. The summed E-state index contributed by atoms with van der Waals surface area (Å²) in [5.74, 6) is -3.91. The van der Waals surface area contributed by atoms with Gasteiger partial charge in [-0.3, -0.25) is 0 Å². The Morgan fingerprint density at radius 3 is 2.77 bits per heavy atom. The van der Waals surface area contributed by atoms with E-state index in [1.165, 1.54) is 10.6 Å². The molecule has 2 aromatic heterocycles. The molecule has 0 spiro atoms. The molecule has 9 heteroatoms. The third-order valence-electron chi connectivity index (χ3n) is 4.41. The summed E-state index contributed by atoms with van der Waals surface area (Å²) in [6, 6.07) is 4.69. The van der Waals surface area contributed by atoms with Crippen LogP contribution in [0.25, 0.3) is 16.8 Å². The third-order valence-corrected chi connectivity index (χ3v) is 4.41. The molecule has 0 radical (unpaired) electrons. The first kappa shape index (κ1) is 16.8. The number of rotatable bonds is 3. The molecule has 3 aromatic rings. The van der Waals surface area contributed by atoms with Crippen LogP contribution in [-0.4, -0.2) is 39.9 Å². The first-order chi connectivity index (χ1) is 12.5. The number of anilines is 1. The number of nitrogens with zero attached hydrogens (tertiary/aromatic N) is 3. The average molecular weight is 365 g/mol. The molecule has 26 heavy (non-hydrogen) atoms. The summed E-state index contributed by atoms with van der Waals surface area (Å²) >= 11 is 0. The fourth-order valence-corrected chi connectivity index (χ4v) is 3.06. The number of aromatic nitrogens is 3. The van der Waals surface area contributed by atoms with Crippen molar-refractivity contribution >= 4 is 11.6 Å². The second-order valence-electron chi connectivity index (χ2n) is 6.11. The Hall–Kier alpha value is -2.68. The predicted molar refractivity (Wildman–Crippen MR) is 88.1 cm³/mol. The van der Waals surface area contributed by atoms with Gasteiger partial charge in [-0.25, -0.2) is 22.1 Å². The van der Waals surface area contributed by atoms with Crippen molar-refractivity contribution in [2.75, 3.05) is 18.4 Å². The molecule has 3 heterocycles. The molecule has 1 fully saturated rings. The second-order valence-corrected chi connectivity index (χ2v) is 6.11. The lowest BCUT2D eigenvalue weighted by molar-refractivity contribution is 0.244. The molecule has 2 unspecified atom stereocenters. The maximum Gasteiger partial charge on any atom is 0.243 e. The van der Waals surface area contributed by atoms with Crippen LogP contribution in [0.1, 0.15) is 6.42 Å². The minimum Gasteiger partial charge on any atom is -0.347 e. The van der Waals surface area contributed by atoms with E-state index in [-0.39, 0.29) is 29.3 Å². The highest BCUT2D eigenvalue weighted by atomic mass is 19.2. The second kappa shape index (κ2) is 6.56. The van der Waals surface area contributed by atoms with Gasteiger partial charge in [-0.05, 0) is 37.2 Å². The zero-order chi connectivity index (χ0) is 18.3. The molecule has 0 saturated carbocycles. The summed E-state index contributed by atoms with van der Waals surface area (Å²) in [6.07, 6.45) is 1.07. The molecule has 4 rings (SSSR count). The Labute approximate surface area is 146 Å². The van der Waals surface area contributed by atoms with Crippen LogP contribution in [-0.2, 0) is 0 Å². The zero-order valence-electron chi connectivity index (χ0n) is 13.5. The van der Waals surface area contributed by atoms with Crippen molar-refractivity contribution in [1.29, 1.82) is 0 Å². The molecular formula is C17H15F4N5. The molecule has 136 valence electrons. The summed E-state index contributed by atoms with van der Waals surface area (Å²) < 4.78 is 56.3. The molecule has 2 atom stereocenters. The van der Waals surface area contributed by atoms with Gasteiger partial charge in [-0.2, -0.15) is 4.98 Å². The lowest BCUT2D eigenvalue weighted by Crippen LogP contribution is -2.45. The van der Waals surface area contributed by atoms with Gasteiger partial charge in [-0.15, -0.1) is 5.10 Å². The van der Waals surface area contributed by atoms with Gasteiger partial charge in [0.2, 0.25) is 5.95 Å². The lowest BCUT2D eigenvalue weighted by atomic mass is 10.1. The van der Waals surface area contributed by atoms with Crippen molar-refractivity contribution in [3.8, 4) is 11.1 Å². The van der Waals surface area contributed by atoms with Crippen LogP contribution in [0.15, 0.2) is 30.5 Å². The van der Waals surface area contributed by atoms with E-state index < -0.39 is 29.7 Å². The van der Waals surface area contributed by atoms with Gasteiger partial charge in [0.15, 0.2) is 23.1 Å². The van der Waals surface area contributed by atoms with Crippen molar-refractivity contribution in [3.63, 3.8) is 0 Å². The van der Waals surface area contributed by atoms with Crippen molar-refractivity contribution in [2.24, 2.45) is 0 Å². The van der Waals surface area contributed by atoms with Crippen LogP contribution in [0.2, 0.25) is 0 Å². The van der Waals surface area contributed by atoms with Crippen LogP contribution >= 0.6 is 0 Å². The van der Waals surface area contributed by atoms with Gasteiger partial charge < -0.3 is 10.6 Å². The molecule has 5 nitrogen and oxygen atoms in total. The molecule has 1 aromatic carbocycles. The Balaban J connectivity index is 1.73. The van der Waals surface area contributed by atoms with Gasteiger partial charge >= 0.3 is 0 Å². The van der Waals surface area contributed by atoms with Crippen molar-refractivity contribution in [2.45, 2.75) is 18.6 Å². The topological polar surface area (TPSA) is 54.2 Å². The van der Waals surface area contributed by atoms with E-state index in [9.17, 15) is 17.6 Å². The van der Waals surface area contributed by atoms with E-state index >= 15 is 0 Å². The van der Waals surface area contributed by atoms with E-state index in [1.807, 2.05) is 0 Å². The highest BCUT2D eigenvalue weighted by molar-refractivity contribution is 5.78. The van der Waals surface area contributed by atoms with E-state index in [4.69, 9.17) is 0 Å². The predicted octanol–water partition coefficient (Wildman–Crippen LogP) is 2.93. The number of halogens is 4. The Morgan fingerprint density at radius 1 is 1.12 bits per heavy atom. The van der Waals surface area contributed by atoms with Crippen LogP contribution in [0.5, 0.6) is 0 Å². The first-order valence-electron chi connectivity index (χ1n) is 8.15. The fourth-order valence-electron chi connectivity index (χ4n) is 3.06. The number of hydrogen-bond donors (Lipinski definition) is 2. The smallest absolute Gasteiger partial charge is 0.243 e. The number of piperidine rings is 1. The first-order valence-corrected chi connectivity index (χ1v) is 8.15. The number of nitrogens with one attached hydrogen (secondary N) is 2. The highest BCUT2D eigenvalue weighted by Crippen LogP contribution is 2.29. The number of pyridine rings is 1. The minimum absolute atomic E-state index is 0.126. The fraction of sp³-hybridized carbons (Fsp3) is 0.294. The van der Waals surface area contributed by atoms with Crippen LogP contribution in [0.3, 0.4) is 0 Å². The summed E-state index contributed by atoms with van der Waals surface area (Å²) in [7, 11) is 0. The number of fused-ring (bicyclic) bond motifs is 1. The molecule has 0 bridgehead atoms. The van der Waals surface area contributed by atoms with Crippen molar-refractivity contribution in [1.82, 2.24) is 19.9 Å². The van der Waals surface area contributed by atoms with Crippen molar-refractivity contribution < 1.29 is 17.6 Å². The van der Waals surface area contributed by atoms with E-state index in [0.29, 0.717) is 13.0 Å². The van der Waals surface area contributed by atoms with Crippen molar-refractivity contribution in [3.05, 3.63) is 47.9 Å². The molecule has 0 amide bonds. The van der Waals surface area contributed by atoms with E-state index in [2.05, 4.69) is 20.7 Å². The number of hydrogen-bond acceptors (Lipinski definition) is 4. The van der Waals surface area contributed by atoms with Gasteiger partial charge in [-0.1, -0.05) is 0 Å². The molecule has 1 aliphatic rings.